The van der Waals surface area contributed by atoms with Crippen LogP contribution in [0.3, 0.4) is 0 Å². The molecule has 3 aromatic rings. The first-order valence-corrected chi connectivity index (χ1v) is 17.0. The van der Waals surface area contributed by atoms with Gasteiger partial charge >= 0.3 is 0 Å². The number of fused-ring (bicyclic) bond motifs is 6. The molecule has 10 nitrogen and oxygen atoms in total. The van der Waals surface area contributed by atoms with E-state index in [0.717, 1.165) is 19.3 Å². The number of hydrogen-bond acceptors (Lipinski definition) is 8. The zero-order valence-electron chi connectivity index (χ0n) is 22.7. The summed E-state index contributed by atoms with van der Waals surface area (Å²) in [5.74, 6) is -1.86. The number of sulfonamides is 1. The second kappa shape index (κ2) is 9.98. The Morgan fingerprint density at radius 1 is 1.05 bits per heavy atom. The minimum absolute atomic E-state index is 0.0105. The Balaban J connectivity index is 1.24. The second-order valence-electron chi connectivity index (χ2n) is 11.5. The van der Waals surface area contributed by atoms with Crippen LogP contribution >= 0.6 is 0 Å². The lowest BCUT2D eigenvalue weighted by molar-refractivity contribution is -0.134. The van der Waals surface area contributed by atoms with Gasteiger partial charge in [-0.05, 0) is 78.6 Å². The molecule has 4 atom stereocenters. The Kier molecular flexibility index (Phi) is 6.43. The van der Waals surface area contributed by atoms with E-state index in [1.165, 1.54) is 54.9 Å². The number of sulfone groups is 1. The summed E-state index contributed by atoms with van der Waals surface area (Å²) in [6.45, 7) is 0.172. The van der Waals surface area contributed by atoms with Crippen molar-refractivity contribution in [3.63, 3.8) is 0 Å². The van der Waals surface area contributed by atoms with Gasteiger partial charge in [-0.2, -0.15) is 8.42 Å². The Morgan fingerprint density at radius 2 is 1.79 bits per heavy atom. The van der Waals surface area contributed by atoms with Gasteiger partial charge in [0.25, 0.3) is 15.9 Å². The van der Waals surface area contributed by atoms with Crippen molar-refractivity contribution in [3.05, 3.63) is 95.3 Å². The number of hydrogen-bond donors (Lipinski definition) is 2. The van der Waals surface area contributed by atoms with Crippen LogP contribution in [0.2, 0.25) is 0 Å². The SMILES string of the molecule is O=C1C(C2=NS(=O)(=O)c3cc(CS(=O)(=O)c4cccnc4)ccc3N2)=C(O)C2C([C@@H]3CC[C@H]2C3)N1Cc1ccc(F)cc1. The van der Waals surface area contributed by atoms with Gasteiger partial charge in [-0.15, -0.1) is 4.40 Å². The molecule has 222 valence electrons. The number of halogens is 1. The van der Waals surface area contributed by atoms with E-state index in [0.29, 0.717) is 5.56 Å². The maximum absolute atomic E-state index is 14.0. The molecule has 2 bridgehead atoms. The highest BCUT2D eigenvalue weighted by Crippen LogP contribution is 2.55. The van der Waals surface area contributed by atoms with Crippen LogP contribution in [0.1, 0.15) is 30.4 Å². The summed E-state index contributed by atoms with van der Waals surface area (Å²) in [6.07, 6.45) is 5.36. The van der Waals surface area contributed by atoms with Crippen LogP contribution in [0.15, 0.2) is 92.5 Å². The summed E-state index contributed by atoms with van der Waals surface area (Å²) in [5, 5.41) is 14.4. The first-order chi connectivity index (χ1) is 20.5. The van der Waals surface area contributed by atoms with Crippen molar-refractivity contribution in [2.24, 2.45) is 22.2 Å². The van der Waals surface area contributed by atoms with Crippen molar-refractivity contribution in [1.29, 1.82) is 0 Å². The Morgan fingerprint density at radius 3 is 2.53 bits per heavy atom. The van der Waals surface area contributed by atoms with Gasteiger partial charge in [-0.25, -0.2) is 12.8 Å². The molecule has 2 N–H and O–H groups in total. The molecule has 0 spiro atoms. The molecule has 2 aromatic carbocycles. The molecule has 1 amide bonds. The Hall–Kier alpha value is -4.10. The predicted octanol–water partition coefficient (Wildman–Crippen LogP) is 3.98. The minimum atomic E-state index is -4.38. The van der Waals surface area contributed by atoms with Crippen LogP contribution in [0.5, 0.6) is 0 Å². The van der Waals surface area contributed by atoms with Gasteiger partial charge < -0.3 is 15.3 Å². The first kappa shape index (κ1) is 27.7. The van der Waals surface area contributed by atoms with Crippen LogP contribution in [-0.4, -0.2) is 49.6 Å². The van der Waals surface area contributed by atoms with Crippen molar-refractivity contribution in [2.45, 2.75) is 47.4 Å². The molecule has 1 aromatic heterocycles. The monoisotopic (exact) mass is 622 g/mol. The van der Waals surface area contributed by atoms with Gasteiger partial charge in [-0.3, -0.25) is 9.78 Å². The summed E-state index contributed by atoms with van der Waals surface area (Å²) in [7, 11) is -8.17. The number of aliphatic hydroxyl groups excluding tert-OH is 1. The summed E-state index contributed by atoms with van der Waals surface area (Å²) in [4.78, 5) is 19.3. The lowest BCUT2D eigenvalue weighted by Crippen LogP contribution is -2.53. The summed E-state index contributed by atoms with van der Waals surface area (Å²) >= 11 is 0. The molecular formula is C30H27FN4O6S2. The number of aliphatic hydroxyl groups is 1. The lowest BCUT2D eigenvalue weighted by atomic mass is 9.77. The number of amides is 1. The number of nitrogens with one attached hydrogen (secondary N) is 1. The van der Waals surface area contributed by atoms with Crippen LogP contribution in [0.25, 0.3) is 0 Å². The zero-order valence-corrected chi connectivity index (χ0v) is 24.4. The Labute approximate surface area is 248 Å². The summed E-state index contributed by atoms with van der Waals surface area (Å²) in [5.41, 5.74) is 0.856. The molecule has 2 saturated carbocycles. The molecule has 0 radical (unpaired) electrons. The summed E-state index contributed by atoms with van der Waals surface area (Å²) in [6, 6.07) is 12.7. The van der Waals surface area contributed by atoms with E-state index in [-0.39, 0.29) is 68.6 Å². The third-order valence-corrected chi connectivity index (χ3v) is 11.9. The van der Waals surface area contributed by atoms with Crippen LogP contribution in [0.4, 0.5) is 10.1 Å². The van der Waals surface area contributed by atoms with Crippen LogP contribution in [-0.2, 0) is 37.0 Å². The van der Waals surface area contributed by atoms with E-state index in [1.54, 1.807) is 17.0 Å². The number of rotatable bonds is 6. The van der Waals surface area contributed by atoms with Crippen molar-refractivity contribution in [2.75, 3.05) is 5.32 Å². The quantitative estimate of drug-likeness (QED) is 0.420. The third-order valence-electron chi connectivity index (χ3n) is 8.92. The number of carbonyl (C=O) groups excluding carboxylic acids is 1. The second-order valence-corrected chi connectivity index (χ2v) is 15.0. The van der Waals surface area contributed by atoms with Crippen LogP contribution < -0.4 is 5.32 Å². The predicted molar refractivity (Wildman–Crippen MR) is 155 cm³/mol. The fraction of sp³-hybridized carbons (Fsp3) is 0.300. The molecule has 0 saturated heterocycles. The zero-order chi connectivity index (χ0) is 30.1. The minimum Gasteiger partial charge on any atom is -0.511 e. The molecule has 2 aliphatic carbocycles. The Bertz CT molecular complexity index is 1930. The van der Waals surface area contributed by atoms with Crippen molar-refractivity contribution in [1.82, 2.24) is 9.88 Å². The summed E-state index contributed by atoms with van der Waals surface area (Å²) < 4.78 is 70.1. The number of carbonyl (C=O) groups is 1. The maximum atomic E-state index is 14.0. The van der Waals surface area contributed by atoms with E-state index in [9.17, 15) is 31.1 Å². The molecular weight excluding hydrogens is 595 g/mol. The highest BCUT2D eigenvalue weighted by molar-refractivity contribution is 7.91. The topological polar surface area (TPSA) is 146 Å². The molecule has 43 heavy (non-hydrogen) atoms. The largest absolute Gasteiger partial charge is 0.511 e. The standard InChI is InChI=1S/C30H27FN4O6S2/c31-21-8-3-17(4-9-21)15-35-27-20-7-6-19(13-20)25(27)28(36)26(30(35)37)29-33-23-10-5-18(12-24(23)43(40,41)34-29)16-42(38,39)22-2-1-11-32-14-22/h1-5,8-12,14,19-20,25,27,36H,6-7,13,15-16H2,(H,33,34)/t19-,20+,25?,27?/m0/s1. The van der Waals surface area contributed by atoms with Gasteiger partial charge in [0.15, 0.2) is 15.7 Å². The molecule has 3 heterocycles. The van der Waals surface area contributed by atoms with Crippen molar-refractivity contribution >= 4 is 37.3 Å². The smallest absolute Gasteiger partial charge is 0.286 e. The molecule has 7 rings (SSSR count). The van der Waals surface area contributed by atoms with E-state index >= 15 is 0 Å². The number of benzene rings is 2. The van der Waals surface area contributed by atoms with Gasteiger partial charge in [0.05, 0.1) is 16.3 Å². The molecule has 2 unspecified atom stereocenters. The fourth-order valence-electron chi connectivity index (χ4n) is 7.07. The van der Waals surface area contributed by atoms with E-state index < -0.39 is 37.3 Å². The maximum Gasteiger partial charge on any atom is 0.286 e. The molecule has 2 fully saturated rings. The number of nitrogens with zero attached hydrogens (tertiary/aromatic N) is 3. The number of pyridine rings is 1. The fourth-order valence-corrected chi connectivity index (χ4v) is 9.54. The van der Waals surface area contributed by atoms with Gasteiger partial charge in [0.2, 0.25) is 0 Å². The van der Waals surface area contributed by atoms with Gasteiger partial charge in [0, 0.05) is 30.9 Å². The highest BCUT2D eigenvalue weighted by Gasteiger charge is 2.57. The van der Waals surface area contributed by atoms with E-state index in [4.69, 9.17) is 0 Å². The van der Waals surface area contributed by atoms with Gasteiger partial charge in [-0.1, -0.05) is 18.2 Å². The van der Waals surface area contributed by atoms with Crippen molar-refractivity contribution < 1.29 is 31.1 Å². The number of anilines is 1. The lowest BCUT2D eigenvalue weighted by Gasteiger charge is -2.44. The normalized spacial score (nSPS) is 25.7. The van der Waals surface area contributed by atoms with E-state index in [1.807, 2.05) is 0 Å². The number of amidine groups is 1. The van der Waals surface area contributed by atoms with Crippen LogP contribution in [0, 0.1) is 23.6 Å². The van der Waals surface area contributed by atoms with E-state index in [2.05, 4.69) is 14.7 Å². The third kappa shape index (κ3) is 4.70. The highest BCUT2D eigenvalue weighted by atomic mass is 32.2. The van der Waals surface area contributed by atoms with Gasteiger partial charge in [0.1, 0.15) is 22.0 Å². The van der Waals surface area contributed by atoms with Crippen molar-refractivity contribution in [3.8, 4) is 0 Å². The molecule has 2 aliphatic heterocycles. The average Bonchev–Trinajstić information content (AvgIpc) is 3.60. The number of aromatic nitrogens is 1. The first-order valence-electron chi connectivity index (χ1n) is 13.9. The molecule has 4 aliphatic rings. The average molecular weight is 623 g/mol. The molecule has 13 heteroatoms.